The smallest absolute Gasteiger partial charge is 0.100 e. The lowest BCUT2D eigenvalue weighted by molar-refractivity contribution is 1.47. The molecular weight excluding hydrogens is 224 g/mol. The van der Waals surface area contributed by atoms with E-state index in [1.807, 2.05) is 60.7 Å². The average Bonchev–Trinajstić information content (AvgIpc) is 2.42. The van der Waals surface area contributed by atoms with Gasteiger partial charge < -0.3 is 0 Å². The van der Waals surface area contributed by atoms with Crippen molar-refractivity contribution in [1.82, 2.24) is 0 Å². The number of hydrogen-bond acceptors (Lipinski definition) is 4. The molecule has 0 spiro atoms. The number of rotatable bonds is 2. The second kappa shape index (κ2) is 8.36. The molecule has 0 fully saturated rings. The van der Waals surface area contributed by atoms with Crippen LogP contribution in [0.15, 0.2) is 70.6 Å². The number of benzene rings is 2. The summed E-state index contributed by atoms with van der Waals surface area (Å²) in [5.74, 6) is 0. The van der Waals surface area contributed by atoms with Gasteiger partial charge in [-0.15, -0.1) is 0 Å². The number of nitrogens with one attached hydrogen (secondary N) is 2. The zero-order chi connectivity index (χ0) is 13.1. The molecule has 0 atom stereocenters. The molecule has 18 heavy (non-hydrogen) atoms. The van der Waals surface area contributed by atoms with Crippen LogP contribution < -0.4 is 0 Å². The van der Waals surface area contributed by atoms with Gasteiger partial charge in [0.1, 0.15) is 6.01 Å². The molecular formula is C14H12N4. The van der Waals surface area contributed by atoms with E-state index in [4.69, 9.17) is 10.8 Å². The molecule has 4 nitrogen and oxygen atoms in total. The van der Waals surface area contributed by atoms with Crippen LogP contribution >= 0.6 is 0 Å². The normalized spacial score (nSPS) is 8.00. The maximum atomic E-state index is 5.62. The van der Waals surface area contributed by atoms with E-state index < -0.39 is 0 Å². The second-order valence-electron chi connectivity index (χ2n) is 3.12. The lowest BCUT2D eigenvalue weighted by Gasteiger charge is -1.87. The molecule has 2 N–H and O–H groups in total. The number of nitrogens with zero attached hydrogens (tertiary/aromatic N) is 2. The largest absolute Gasteiger partial charge is 0.242 e. The Kier molecular flexibility index (Phi) is 6.16. The molecule has 0 bridgehead atoms. The number of para-hydroxylation sites is 2. The molecule has 0 aliphatic carbocycles. The first-order valence-corrected chi connectivity index (χ1v) is 5.22. The van der Waals surface area contributed by atoms with Crippen LogP contribution in [0.4, 0.5) is 11.4 Å². The first-order chi connectivity index (χ1) is 8.86. The summed E-state index contributed by atoms with van der Waals surface area (Å²) in [6.45, 7) is 0. The molecule has 2 rings (SSSR count). The van der Waals surface area contributed by atoms with Gasteiger partial charge in [-0.25, -0.2) is 10.8 Å². The van der Waals surface area contributed by atoms with E-state index in [0.717, 1.165) is 11.4 Å². The van der Waals surface area contributed by atoms with Crippen molar-refractivity contribution in [3.05, 3.63) is 60.7 Å². The van der Waals surface area contributed by atoms with Crippen molar-refractivity contribution in [1.29, 1.82) is 10.8 Å². The minimum atomic E-state index is 0.859. The molecule has 0 amide bonds. The van der Waals surface area contributed by atoms with Gasteiger partial charge in [0.25, 0.3) is 0 Å². The Morgan fingerprint density at radius 3 is 1.33 bits per heavy atom. The fraction of sp³-hybridized carbons (Fsp3) is 0. The highest BCUT2D eigenvalue weighted by Gasteiger charge is 1.83. The summed E-state index contributed by atoms with van der Waals surface area (Å²) in [5.41, 5.74) is 1.72. The molecule has 0 radical (unpaired) electrons. The van der Waals surface area contributed by atoms with E-state index in [0.29, 0.717) is 0 Å². The van der Waals surface area contributed by atoms with Gasteiger partial charge in [0, 0.05) is 0 Å². The summed E-state index contributed by atoms with van der Waals surface area (Å²) in [7, 11) is 0. The number of hydrogen-bond donors (Lipinski definition) is 2. The van der Waals surface area contributed by atoms with Crippen molar-refractivity contribution < 1.29 is 0 Å². The Hall–Kier alpha value is -2.80. The zero-order valence-electron chi connectivity index (χ0n) is 9.67. The molecule has 2 aromatic rings. The van der Waals surface area contributed by atoms with Gasteiger partial charge in [-0.05, 0) is 24.3 Å². The van der Waals surface area contributed by atoms with E-state index in [-0.39, 0.29) is 0 Å². The summed E-state index contributed by atoms with van der Waals surface area (Å²) in [6.07, 6.45) is 0. The van der Waals surface area contributed by atoms with Gasteiger partial charge in [0.15, 0.2) is 0 Å². The van der Waals surface area contributed by atoms with Gasteiger partial charge in [-0.3, -0.25) is 0 Å². The minimum absolute atomic E-state index is 0.859. The van der Waals surface area contributed by atoms with E-state index in [2.05, 4.69) is 16.0 Å². The summed E-state index contributed by atoms with van der Waals surface area (Å²) >= 11 is 0. The summed E-state index contributed by atoms with van der Waals surface area (Å²) in [5, 5.41) is 11.2. The molecule has 2 aromatic carbocycles. The highest BCUT2D eigenvalue weighted by Crippen LogP contribution is 2.10. The molecule has 0 saturated carbocycles. The van der Waals surface area contributed by atoms with Crippen molar-refractivity contribution in [2.75, 3.05) is 0 Å². The lowest BCUT2D eigenvalue weighted by Crippen LogP contribution is -1.63. The predicted octanol–water partition coefficient (Wildman–Crippen LogP) is 4.14. The van der Waals surface area contributed by atoms with Crippen LogP contribution in [-0.2, 0) is 0 Å². The van der Waals surface area contributed by atoms with Gasteiger partial charge >= 0.3 is 0 Å². The Morgan fingerprint density at radius 2 is 1.00 bits per heavy atom. The van der Waals surface area contributed by atoms with E-state index in [1.54, 1.807) is 0 Å². The standard InChI is InChI=1S/C13H10N2.CH2N2/c1-3-7-12(8-4-1)14-11-15-13-9-5-2-6-10-13;2-1-3/h1-10H;2-3H. The van der Waals surface area contributed by atoms with E-state index in [9.17, 15) is 0 Å². The quantitative estimate of drug-likeness (QED) is 0.735. The molecule has 0 aliphatic rings. The topological polar surface area (TPSA) is 72.4 Å². The van der Waals surface area contributed by atoms with Gasteiger partial charge in [-0.1, -0.05) is 36.4 Å². The highest BCUT2D eigenvalue weighted by molar-refractivity contribution is 5.57. The second-order valence-corrected chi connectivity index (χ2v) is 3.12. The van der Waals surface area contributed by atoms with Crippen LogP contribution in [0, 0.1) is 10.8 Å². The molecule has 0 aliphatic heterocycles. The monoisotopic (exact) mass is 236 g/mol. The van der Waals surface area contributed by atoms with Gasteiger partial charge in [0.05, 0.1) is 17.4 Å². The van der Waals surface area contributed by atoms with Gasteiger partial charge in [0.2, 0.25) is 0 Å². The Morgan fingerprint density at radius 1 is 0.667 bits per heavy atom. The summed E-state index contributed by atoms with van der Waals surface area (Å²) in [6, 6.07) is 23.2. The van der Waals surface area contributed by atoms with Crippen molar-refractivity contribution >= 4 is 23.4 Å². The average molecular weight is 236 g/mol. The van der Waals surface area contributed by atoms with E-state index >= 15 is 0 Å². The Bertz CT molecular complexity index is 505. The molecule has 0 aromatic heterocycles. The van der Waals surface area contributed by atoms with Crippen molar-refractivity contribution in [2.45, 2.75) is 0 Å². The molecule has 0 saturated heterocycles. The van der Waals surface area contributed by atoms with Crippen molar-refractivity contribution in [3.63, 3.8) is 0 Å². The third-order valence-corrected chi connectivity index (χ3v) is 1.87. The maximum Gasteiger partial charge on any atom is 0.100 e. The minimum Gasteiger partial charge on any atom is -0.242 e. The third kappa shape index (κ3) is 5.33. The first-order valence-electron chi connectivity index (χ1n) is 5.22. The Labute approximate surface area is 105 Å². The summed E-state index contributed by atoms with van der Waals surface area (Å²) < 4.78 is 0. The predicted molar refractivity (Wildman–Crippen MR) is 72.5 cm³/mol. The Balaban J connectivity index is 0.000000492. The summed E-state index contributed by atoms with van der Waals surface area (Å²) in [4.78, 5) is 8.17. The zero-order valence-corrected chi connectivity index (χ0v) is 9.67. The highest BCUT2D eigenvalue weighted by atomic mass is 14.8. The van der Waals surface area contributed by atoms with Crippen LogP contribution in [0.2, 0.25) is 0 Å². The van der Waals surface area contributed by atoms with Crippen LogP contribution in [0.3, 0.4) is 0 Å². The molecule has 0 heterocycles. The molecule has 0 unspecified atom stereocenters. The van der Waals surface area contributed by atoms with E-state index in [1.165, 1.54) is 6.01 Å². The fourth-order valence-corrected chi connectivity index (χ4v) is 1.15. The van der Waals surface area contributed by atoms with Crippen LogP contribution in [0.5, 0.6) is 0 Å². The fourth-order valence-electron chi connectivity index (χ4n) is 1.15. The molecule has 4 heteroatoms. The van der Waals surface area contributed by atoms with Crippen LogP contribution in [-0.4, -0.2) is 12.0 Å². The van der Waals surface area contributed by atoms with Crippen LogP contribution in [0.1, 0.15) is 0 Å². The lowest BCUT2D eigenvalue weighted by atomic mass is 10.3. The molecule has 88 valence electrons. The maximum absolute atomic E-state index is 5.62. The third-order valence-electron chi connectivity index (χ3n) is 1.87. The van der Waals surface area contributed by atoms with Crippen molar-refractivity contribution in [2.24, 2.45) is 9.98 Å². The van der Waals surface area contributed by atoms with Crippen molar-refractivity contribution in [3.8, 4) is 0 Å². The van der Waals surface area contributed by atoms with Crippen LogP contribution in [0.25, 0.3) is 0 Å². The van der Waals surface area contributed by atoms with Gasteiger partial charge in [-0.2, -0.15) is 9.98 Å². The SMILES string of the molecule is C(=Nc1ccccc1)=Nc1ccccc1.N=C=N. The first kappa shape index (κ1) is 13.3. The number of aliphatic imine (C=N–C) groups is 2.